The van der Waals surface area contributed by atoms with Crippen LogP contribution in [-0.2, 0) is 19.1 Å². The quantitative estimate of drug-likeness (QED) is 0.641. The number of nitrogens with one attached hydrogen (secondary N) is 1. The molecule has 0 spiro atoms. The first kappa shape index (κ1) is 15.1. The van der Waals surface area contributed by atoms with Crippen molar-refractivity contribution in [2.45, 2.75) is 12.5 Å². The molecule has 1 heterocycles. The van der Waals surface area contributed by atoms with Gasteiger partial charge in [-0.3, -0.25) is 9.59 Å². The van der Waals surface area contributed by atoms with Gasteiger partial charge in [-0.2, -0.15) is 0 Å². The van der Waals surface area contributed by atoms with Crippen molar-refractivity contribution in [3.8, 4) is 0 Å². The summed E-state index contributed by atoms with van der Waals surface area (Å²) < 4.78 is 4.62. The van der Waals surface area contributed by atoms with Crippen LogP contribution in [0.25, 0.3) is 0 Å². The van der Waals surface area contributed by atoms with E-state index in [1.165, 1.54) is 11.3 Å². The summed E-state index contributed by atoms with van der Waals surface area (Å²) in [5.41, 5.74) is 0. The minimum atomic E-state index is -1.17. The normalized spacial score (nSPS) is 11.8. The van der Waals surface area contributed by atoms with Gasteiger partial charge in [-0.05, 0) is 11.4 Å². The Bertz CT molecular complexity index is 444. The lowest BCUT2D eigenvalue weighted by Gasteiger charge is -2.15. The molecule has 0 bridgehead atoms. The van der Waals surface area contributed by atoms with Crippen LogP contribution in [-0.4, -0.2) is 41.3 Å². The van der Waals surface area contributed by atoms with Gasteiger partial charge in [0, 0.05) is 4.88 Å². The number of rotatable bonds is 8. The van der Waals surface area contributed by atoms with Crippen molar-refractivity contribution in [3.63, 3.8) is 0 Å². The molecule has 0 saturated carbocycles. The number of carboxylic acid groups (broad SMARTS) is 2. The fourth-order valence-electron chi connectivity index (χ4n) is 1.35. The van der Waals surface area contributed by atoms with Crippen LogP contribution in [0.2, 0.25) is 0 Å². The van der Waals surface area contributed by atoms with Gasteiger partial charge in [-0.25, -0.2) is 4.79 Å². The van der Waals surface area contributed by atoms with E-state index in [0.717, 1.165) is 0 Å². The van der Waals surface area contributed by atoms with Crippen LogP contribution in [0.1, 0.15) is 17.3 Å². The van der Waals surface area contributed by atoms with Crippen molar-refractivity contribution < 1.29 is 29.3 Å². The zero-order valence-electron chi connectivity index (χ0n) is 9.87. The number of carbonyl (C=O) groups is 3. The Kier molecular flexibility index (Phi) is 5.97. The van der Waals surface area contributed by atoms with Crippen LogP contribution in [0.5, 0.6) is 0 Å². The summed E-state index contributed by atoms with van der Waals surface area (Å²) in [5.74, 6) is -2.76. The first-order valence-electron chi connectivity index (χ1n) is 5.33. The SMILES string of the molecule is O=C(O)COCC(=O)NC(CC(=O)O)c1cccs1. The van der Waals surface area contributed by atoms with E-state index in [-0.39, 0.29) is 6.42 Å². The first-order valence-corrected chi connectivity index (χ1v) is 6.21. The molecule has 0 aliphatic rings. The van der Waals surface area contributed by atoms with Crippen molar-refractivity contribution >= 4 is 29.2 Å². The Morgan fingerprint density at radius 1 is 1.26 bits per heavy atom. The molecule has 1 aromatic heterocycles. The molecular weight excluding hydrogens is 274 g/mol. The third-order valence-corrected chi connectivity index (χ3v) is 3.05. The molecule has 1 atom stereocenters. The summed E-state index contributed by atoms with van der Waals surface area (Å²) in [6, 6.07) is 2.83. The van der Waals surface area contributed by atoms with Gasteiger partial charge >= 0.3 is 11.9 Å². The summed E-state index contributed by atoms with van der Waals surface area (Å²) >= 11 is 1.33. The predicted molar refractivity (Wildman–Crippen MR) is 65.9 cm³/mol. The van der Waals surface area contributed by atoms with Gasteiger partial charge in [-0.15, -0.1) is 11.3 Å². The average molecular weight is 287 g/mol. The molecule has 8 heteroatoms. The molecule has 0 radical (unpaired) electrons. The lowest BCUT2D eigenvalue weighted by molar-refractivity contribution is -0.143. The summed E-state index contributed by atoms with van der Waals surface area (Å²) in [6.45, 7) is -0.996. The highest BCUT2D eigenvalue weighted by molar-refractivity contribution is 7.10. The summed E-state index contributed by atoms with van der Waals surface area (Å²) in [6.07, 6.45) is -0.245. The number of carbonyl (C=O) groups excluding carboxylic acids is 1. The highest BCUT2D eigenvalue weighted by Gasteiger charge is 2.19. The zero-order chi connectivity index (χ0) is 14.3. The minimum Gasteiger partial charge on any atom is -0.481 e. The fraction of sp³-hybridized carbons (Fsp3) is 0.364. The van der Waals surface area contributed by atoms with E-state index < -0.39 is 37.1 Å². The van der Waals surface area contributed by atoms with Crippen molar-refractivity contribution in [3.05, 3.63) is 22.4 Å². The Morgan fingerprint density at radius 2 is 2.00 bits per heavy atom. The van der Waals surface area contributed by atoms with Gasteiger partial charge in [0.2, 0.25) is 5.91 Å². The molecule has 19 heavy (non-hydrogen) atoms. The second-order valence-corrected chi connectivity index (χ2v) is 4.60. The molecule has 1 unspecified atom stereocenters. The molecular formula is C11H13NO6S. The number of hydrogen-bond donors (Lipinski definition) is 3. The standard InChI is InChI=1S/C11H13NO6S/c13-9(5-18-6-11(16)17)12-7(4-10(14)15)8-2-1-3-19-8/h1-3,7H,4-6H2,(H,12,13)(H,14,15)(H,16,17). The van der Waals surface area contributed by atoms with Crippen molar-refractivity contribution in [2.75, 3.05) is 13.2 Å². The molecule has 0 aliphatic carbocycles. The van der Waals surface area contributed by atoms with Gasteiger partial charge in [-0.1, -0.05) is 6.07 Å². The maximum atomic E-state index is 11.5. The van der Waals surface area contributed by atoms with Crippen molar-refractivity contribution in [1.29, 1.82) is 0 Å². The number of amides is 1. The predicted octanol–water partition coefficient (Wildman–Crippen LogP) is 0.481. The smallest absolute Gasteiger partial charge is 0.329 e. The van der Waals surface area contributed by atoms with E-state index in [4.69, 9.17) is 10.2 Å². The number of ether oxygens (including phenoxy) is 1. The number of carboxylic acids is 2. The van der Waals surface area contributed by atoms with E-state index in [1.54, 1.807) is 17.5 Å². The Labute approximate surface area is 112 Å². The monoisotopic (exact) mass is 287 g/mol. The highest BCUT2D eigenvalue weighted by Crippen LogP contribution is 2.21. The Hall–Kier alpha value is -1.93. The third kappa shape index (κ3) is 5.98. The molecule has 1 rings (SSSR count). The largest absolute Gasteiger partial charge is 0.481 e. The first-order chi connectivity index (χ1) is 8.99. The topological polar surface area (TPSA) is 113 Å². The van der Waals surface area contributed by atoms with Crippen LogP contribution in [0.4, 0.5) is 0 Å². The number of hydrogen-bond acceptors (Lipinski definition) is 5. The number of aliphatic carboxylic acids is 2. The zero-order valence-corrected chi connectivity index (χ0v) is 10.7. The highest BCUT2D eigenvalue weighted by atomic mass is 32.1. The van der Waals surface area contributed by atoms with E-state index in [1.807, 2.05) is 0 Å². The second-order valence-electron chi connectivity index (χ2n) is 3.62. The van der Waals surface area contributed by atoms with Gasteiger partial charge in [0.25, 0.3) is 0 Å². The lowest BCUT2D eigenvalue weighted by atomic mass is 10.1. The second kappa shape index (κ2) is 7.49. The van der Waals surface area contributed by atoms with E-state index in [0.29, 0.717) is 4.88 Å². The number of thiophene rings is 1. The molecule has 0 fully saturated rings. The molecule has 0 saturated heterocycles. The molecule has 3 N–H and O–H groups in total. The van der Waals surface area contributed by atoms with Crippen molar-refractivity contribution in [1.82, 2.24) is 5.32 Å². The Balaban J connectivity index is 2.50. The molecule has 0 aromatic carbocycles. The van der Waals surface area contributed by atoms with Gasteiger partial charge in [0.15, 0.2) is 0 Å². The van der Waals surface area contributed by atoms with Crippen LogP contribution in [0.15, 0.2) is 17.5 Å². The van der Waals surface area contributed by atoms with Crippen LogP contribution in [0.3, 0.4) is 0 Å². The maximum absolute atomic E-state index is 11.5. The van der Waals surface area contributed by atoms with Crippen LogP contribution in [0, 0.1) is 0 Å². The van der Waals surface area contributed by atoms with E-state index >= 15 is 0 Å². The van der Waals surface area contributed by atoms with Crippen LogP contribution >= 0.6 is 11.3 Å². The van der Waals surface area contributed by atoms with Crippen LogP contribution < -0.4 is 5.32 Å². The third-order valence-electron chi connectivity index (χ3n) is 2.06. The molecule has 104 valence electrons. The minimum absolute atomic E-state index is 0.245. The maximum Gasteiger partial charge on any atom is 0.329 e. The molecule has 1 amide bonds. The Morgan fingerprint density at radius 3 is 2.53 bits per heavy atom. The molecule has 1 aromatic rings. The van der Waals surface area contributed by atoms with Gasteiger partial charge < -0.3 is 20.3 Å². The van der Waals surface area contributed by atoms with E-state index in [9.17, 15) is 14.4 Å². The summed E-state index contributed by atoms with van der Waals surface area (Å²) in [5, 5.41) is 21.4. The van der Waals surface area contributed by atoms with Gasteiger partial charge in [0.1, 0.15) is 13.2 Å². The van der Waals surface area contributed by atoms with Crippen molar-refractivity contribution in [2.24, 2.45) is 0 Å². The molecule has 7 nitrogen and oxygen atoms in total. The van der Waals surface area contributed by atoms with E-state index in [2.05, 4.69) is 10.1 Å². The molecule has 0 aliphatic heterocycles. The fourth-order valence-corrected chi connectivity index (χ4v) is 2.13. The summed E-state index contributed by atoms with van der Waals surface area (Å²) in [7, 11) is 0. The summed E-state index contributed by atoms with van der Waals surface area (Å²) in [4.78, 5) is 33.1. The lowest BCUT2D eigenvalue weighted by Crippen LogP contribution is -2.33. The average Bonchev–Trinajstić information content (AvgIpc) is 2.80. The van der Waals surface area contributed by atoms with Gasteiger partial charge in [0.05, 0.1) is 12.5 Å².